The van der Waals surface area contributed by atoms with Crippen molar-refractivity contribution >= 4 is 19.8 Å². The molecule has 1 unspecified atom stereocenters. The zero-order valence-corrected chi connectivity index (χ0v) is 40.3. The van der Waals surface area contributed by atoms with Gasteiger partial charge in [-0.3, -0.25) is 13.8 Å². The van der Waals surface area contributed by atoms with E-state index in [-0.39, 0.29) is 19.6 Å². The molecule has 0 saturated carbocycles. The smallest absolute Gasteiger partial charge is 0.458 e. The van der Waals surface area contributed by atoms with E-state index >= 15 is 0 Å². The van der Waals surface area contributed by atoms with E-state index < -0.39 is 32.5 Å². The summed E-state index contributed by atoms with van der Waals surface area (Å²) in [5.41, 5.74) is 0. The SMILES string of the molecule is CCCCCCCCC\C=C/C=C\C=C\C=CC(=O)OC[C@H](COP(=O)(O)OCC[N+](C)(C)C)OC(=O)CCCCCCCCCCCCCCCCCCCCCCC. The van der Waals surface area contributed by atoms with Crippen LogP contribution in [0.5, 0.6) is 0 Å². The van der Waals surface area contributed by atoms with Gasteiger partial charge in [-0.05, 0) is 19.3 Å². The Labute approximate surface area is 369 Å². The molecule has 0 spiro atoms. The summed E-state index contributed by atoms with van der Waals surface area (Å²) < 4.78 is 34.1. The number of phosphoric acid groups is 1. The zero-order chi connectivity index (χ0) is 44.3. The highest BCUT2D eigenvalue weighted by Gasteiger charge is 2.27. The number of allylic oxidation sites excluding steroid dienone is 7. The van der Waals surface area contributed by atoms with Crippen molar-refractivity contribution in [3.63, 3.8) is 0 Å². The zero-order valence-electron chi connectivity index (χ0n) is 39.4. The molecule has 0 aromatic carbocycles. The number of quaternary nitrogens is 1. The first-order valence-electron chi connectivity index (χ1n) is 24.4. The van der Waals surface area contributed by atoms with Gasteiger partial charge < -0.3 is 18.9 Å². The fraction of sp³-hybridized carbons (Fsp3) is 0.800. The Bertz CT molecular complexity index is 1160. The fourth-order valence-corrected chi connectivity index (χ4v) is 7.46. The molecule has 350 valence electrons. The minimum Gasteiger partial charge on any atom is -0.458 e. The van der Waals surface area contributed by atoms with Crippen molar-refractivity contribution in [2.24, 2.45) is 0 Å². The molecule has 2 atom stereocenters. The highest BCUT2D eigenvalue weighted by atomic mass is 31.2. The van der Waals surface area contributed by atoms with Crippen LogP contribution in [0.3, 0.4) is 0 Å². The first-order chi connectivity index (χ1) is 29.0. The number of hydrogen-bond donors (Lipinski definition) is 1. The van der Waals surface area contributed by atoms with Crippen molar-refractivity contribution in [2.45, 2.75) is 213 Å². The summed E-state index contributed by atoms with van der Waals surface area (Å²) in [6.45, 7) is 4.26. The lowest BCUT2D eigenvalue weighted by Gasteiger charge is -2.24. The molecule has 9 nitrogen and oxygen atoms in total. The molecule has 0 saturated heterocycles. The van der Waals surface area contributed by atoms with Crippen LogP contribution in [0.15, 0.2) is 48.6 Å². The maximum Gasteiger partial charge on any atom is 0.472 e. The summed E-state index contributed by atoms with van der Waals surface area (Å²) in [4.78, 5) is 35.3. The Morgan fingerprint density at radius 1 is 0.550 bits per heavy atom. The van der Waals surface area contributed by atoms with Gasteiger partial charge in [0.15, 0.2) is 6.10 Å². The van der Waals surface area contributed by atoms with Crippen LogP contribution < -0.4 is 0 Å². The monoisotopic (exact) mass is 867 g/mol. The van der Waals surface area contributed by atoms with E-state index in [0.29, 0.717) is 17.4 Å². The first kappa shape index (κ1) is 58.0. The van der Waals surface area contributed by atoms with Crippen LogP contribution in [-0.2, 0) is 32.7 Å². The lowest BCUT2D eigenvalue weighted by molar-refractivity contribution is -0.870. The molecule has 0 aromatic heterocycles. The van der Waals surface area contributed by atoms with Gasteiger partial charge in [0.1, 0.15) is 19.8 Å². The number of carbonyl (C=O) groups is 2. The van der Waals surface area contributed by atoms with E-state index in [9.17, 15) is 19.0 Å². The predicted octanol–water partition coefficient (Wildman–Crippen LogP) is 14.2. The topological polar surface area (TPSA) is 108 Å². The van der Waals surface area contributed by atoms with Crippen molar-refractivity contribution in [1.82, 2.24) is 0 Å². The summed E-state index contributed by atoms with van der Waals surface area (Å²) in [6, 6.07) is 0. The minimum absolute atomic E-state index is 0.0131. The number of nitrogens with zero attached hydrogens (tertiary/aromatic N) is 1. The van der Waals surface area contributed by atoms with Crippen molar-refractivity contribution in [1.29, 1.82) is 0 Å². The molecule has 10 heteroatoms. The Morgan fingerprint density at radius 2 is 0.967 bits per heavy atom. The largest absolute Gasteiger partial charge is 0.472 e. The predicted molar refractivity (Wildman–Crippen MR) is 252 cm³/mol. The van der Waals surface area contributed by atoms with E-state index in [1.807, 2.05) is 45.4 Å². The second-order valence-electron chi connectivity index (χ2n) is 17.6. The molecule has 0 aliphatic carbocycles. The molecule has 0 fully saturated rings. The molecule has 1 N–H and O–H groups in total. The van der Waals surface area contributed by atoms with Crippen LogP contribution in [0.4, 0.5) is 0 Å². The molecule has 0 aliphatic heterocycles. The third-order valence-electron chi connectivity index (χ3n) is 10.5. The number of ether oxygens (including phenoxy) is 2. The first-order valence-corrected chi connectivity index (χ1v) is 25.9. The van der Waals surface area contributed by atoms with Crippen LogP contribution in [0, 0.1) is 0 Å². The van der Waals surface area contributed by atoms with Gasteiger partial charge in [0, 0.05) is 12.5 Å². The van der Waals surface area contributed by atoms with Crippen molar-refractivity contribution in [3.8, 4) is 0 Å². The Balaban J connectivity index is 4.38. The summed E-state index contributed by atoms with van der Waals surface area (Å²) in [7, 11) is 1.42. The quantitative estimate of drug-likeness (QED) is 0.0161. The van der Waals surface area contributed by atoms with Crippen LogP contribution in [-0.4, -0.2) is 74.9 Å². The van der Waals surface area contributed by atoms with Gasteiger partial charge in [0.05, 0.1) is 27.7 Å². The summed E-state index contributed by atoms with van der Waals surface area (Å²) >= 11 is 0. The summed E-state index contributed by atoms with van der Waals surface area (Å²) in [5.74, 6) is -1.09. The summed E-state index contributed by atoms with van der Waals surface area (Å²) in [5, 5.41) is 0. The molecular weight excluding hydrogens is 774 g/mol. The third-order valence-corrected chi connectivity index (χ3v) is 11.5. The number of carbonyl (C=O) groups excluding carboxylic acids is 2. The average molecular weight is 867 g/mol. The van der Waals surface area contributed by atoms with Crippen LogP contribution in [0.25, 0.3) is 0 Å². The van der Waals surface area contributed by atoms with E-state index in [4.69, 9.17) is 18.5 Å². The molecule has 0 amide bonds. The number of likely N-dealkylation sites (N-methyl/N-ethyl adjacent to an activating group) is 1. The Morgan fingerprint density at radius 3 is 1.43 bits per heavy atom. The maximum absolute atomic E-state index is 12.7. The van der Waals surface area contributed by atoms with Gasteiger partial charge in [-0.1, -0.05) is 223 Å². The van der Waals surface area contributed by atoms with Crippen LogP contribution in [0.1, 0.15) is 206 Å². The highest BCUT2D eigenvalue weighted by molar-refractivity contribution is 7.47. The summed E-state index contributed by atoms with van der Waals surface area (Å²) in [6.07, 6.45) is 50.9. The van der Waals surface area contributed by atoms with E-state index in [1.165, 1.54) is 160 Å². The second-order valence-corrected chi connectivity index (χ2v) is 19.1. The van der Waals surface area contributed by atoms with Crippen LogP contribution >= 0.6 is 7.82 Å². The van der Waals surface area contributed by atoms with Crippen molar-refractivity contribution < 1.29 is 42.1 Å². The molecule has 0 bridgehead atoms. The van der Waals surface area contributed by atoms with E-state index in [0.717, 1.165) is 25.7 Å². The molecule has 0 radical (unpaired) electrons. The lowest BCUT2D eigenvalue weighted by atomic mass is 10.0. The van der Waals surface area contributed by atoms with Gasteiger partial charge in [-0.2, -0.15) is 0 Å². The molecule has 0 heterocycles. The molecular formula is C50H93NO8P+. The molecule has 0 aliphatic rings. The second kappa shape index (κ2) is 42.3. The highest BCUT2D eigenvalue weighted by Crippen LogP contribution is 2.43. The minimum atomic E-state index is -4.41. The fourth-order valence-electron chi connectivity index (χ4n) is 6.71. The number of hydrogen-bond acceptors (Lipinski definition) is 7. The number of rotatable bonds is 44. The maximum atomic E-state index is 12.7. The van der Waals surface area contributed by atoms with Crippen molar-refractivity contribution in [2.75, 3.05) is 47.5 Å². The molecule has 0 aromatic rings. The van der Waals surface area contributed by atoms with Gasteiger partial charge in [0.25, 0.3) is 0 Å². The molecule has 60 heavy (non-hydrogen) atoms. The van der Waals surface area contributed by atoms with Gasteiger partial charge in [-0.15, -0.1) is 0 Å². The number of esters is 2. The lowest BCUT2D eigenvalue weighted by Crippen LogP contribution is -2.37. The average Bonchev–Trinajstić information content (AvgIpc) is 3.20. The van der Waals surface area contributed by atoms with Crippen molar-refractivity contribution in [3.05, 3.63) is 48.6 Å². The standard InChI is InChI=1S/C50H92NO8P/c1-6-8-10-12-14-16-18-20-22-23-24-25-26-27-29-31-33-35-37-39-41-43-50(53)59-48(47-58-60(54,55)57-45-44-51(3,4)5)46-56-49(52)42-40-38-36-34-32-30-28-21-19-17-15-13-11-9-7-2/h28,30,32,34,36,38,40,42,48H,6-27,29,31,33,35,37,39,41,43-47H2,1-5H3/p+1/b30-28-,34-32-,38-36+,42-40?/t48-/m1/s1. The number of unbranched alkanes of at least 4 members (excludes halogenated alkanes) is 27. The molecule has 0 rings (SSSR count). The third kappa shape index (κ3) is 45.5. The number of phosphoric ester groups is 1. The Kier molecular flexibility index (Phi) is 40.8. The van der Waals surface area contributed by atoms with Gasteiger partial charge in [-0.25, -0.2) is 9.36 Å². The van der Waals surface area contributed by atoms with Crippen LogP contribution in [0.2, 0.25) is 0 Å². The van der Waals surface area contributed by atoms with Gasteiger partial charge >= 0.3 is 19.8 Å². The van der Waals surface area contributed by atoms with E-state index in [1.54, 1.807) is 12.2 Å². The Hall–Kier alpha value is -2.03. The van der Waals surface area contributed by atoms with E-state index in [2.05, 4.69) is 19.9 Å². The normalized spacial score (nSPS) is 13.9. The van der Waals surface area contributed by atoms with Gasteiger partial charge in [0.2, 0.25) is 0 Å².